The first kappa shape index (κ1) is 62.4. The quantitative estimate of drug-likeness (QED) is 0.0629. The van der Waals surface area contributed by atoms with Crippen molar-refractivity contribution >= 4 is 45.8 Å². The van der Waals surface area contributed by atoms with E-state index in [1.54, 1.807) is 0 Å². The highest BCUT2D eigenvalue weighted by Crippen LogP contribution is 2.18. The molecule has 28 heteroatoms. The highest BCUT2D eigenvalue weighted by atomic mass is 16.6. The molecule has 0 atom stereocenters. The lowest BCUT2D eigenvalue weighted by atomic mass is 10.3. The molecule has 0 aliphatic carbocycles. The summed E-state index contributed by atoms with van der Waals surface area (Å²) < 4.78 is 0. The Hall–Kier alpha value is -11.6. The van der Waals surface area contributed by atoms with E-state index >= 15 is 0 Å². The maximum absolute atomic E-state index is 10.4. The number of hydrogen-bond acceptors (Lipinski definition) is 20. The number of rotatable bonds is 8. The van der Waals surface area contributed by atoms with Gasteiger partial charge in [-0.2, -0.15) is 0 Å². The summed E-state index contributed by atoms with van der Waals surface area (Å²) in [6.45, 7) is 0. The van der Waals surface area contributed by atoms with E-state index in [-0.39, 0.29) is 68.6 Å². The molecule has 0 saturated carbocycles. The molecule has 8 aromatic rings. The van der Waals surface area contributed by atoms with Gasteiger partial charge in [-0.3, -0.25) is 71.3 Å². The van der Waals surface area contributed by atoms with E-state index in [0.717, 1.165) is 35.9 Å². The van der Waals surface area contributed by atoms with Crippen LogP contribution in [-0.4, -0.2) is 64.1 Å². The minimum atomic E-state index is -0.542. The Bertz CT molecular complexity index is 2510. The van der Waals surface area contributed by atoms with Crippen molar-refractivity contribution in [2.75, 3.05) is 24.7 Å². The molecule has 0 radical (unpaired) electrons. The molecule has 396 valence electrons. The second-order valence-corrected chi connectivity index (χ2v) is 13.6. The van der Waals surface area contributed by atoms with Gasteiger partial charge in [-0.1, -0.05) is 36.4 Å². The zero-order valence-electron chi connectivity index (χ0n) is 39.7. The number of aromatic amines is 2. The standard InChI is InChI=1S/2C6H8N2.6C6H5NO3/c2*1-7-6-4-2-3-5-8-6;6*8-6-3-1-5(2-4-6)7(9)10/h2*2-5H,1H3,(H,7,8);6*1-4,8H. The maximum Gasteiger partial charge on any atom is 0.271 e. The van der Waals surface area contributed by atoms with Gasteiger partial charge in [0.15, 0.2) is 0 Å². The molecule has 28 nitrogen and oxygen atoms in total. The summed E-state index contributed by atoms with van der Waals surface area (Å²) in [6.07, 6.45) is 3.76. The Kier molecular flexibility index (Phi) is 28.5. The summed E-state index contributed by atoms with van der Waals surface area (Å²) in [4.78, 5) is 63.0. The topological polar surface area (TPSA) is 438 Å². The van der Waals surface area contributed by atoms with Crippen molar-refractivity contribution in [1.29, 1.82) is 0 Å². The first-order chi connectivity index (χ1) is 36.1. The predicted octanol–water partition coefficient (Wildman–Crippen LogP) is 7.62. The van der Waals surface area contributed by atoms with E-state index in [2.05, 4.69) is 20.6 Å². The number of H-pyrrole nitrogens is 2. The number of phenols is 4. The highest BCUT2D eigenvalue weighted by Gasteiger charge is 2.05. The number of anilines is 2. The fourth-order valence-electron chi connectivity index (χ4n) is 4.53. The third-order valence-corrected chi connectivity index (χ3v) is 8.29. The lowest BCUT2D eigenvalue weighted by Crippen LogP contribution is -2.07. The van der Waals surface area contributed by atoms with Gasteiger partial charge in [0, 0.05) is 84.9 Å². The zero-order valence-corrected chi connectivity index (χ0v) is 39.7. The lowest BCUT2D eigenvalue weighted by molar-refractivity contribution is -0.385. The van der Waals surface area contributed by atoms with Crippen LogP contribution in [0.15, 0.2) is 194 Å². The summed E-state index contributed by atoms with van der Waals surface area (Å²) in [5, 5.41) is 122. The number of nitro benzene ring substituents is 6. The molecule has 8 N–H and O–H groups in total. The van der Waals surface area contributed by atoms with Crippen molar-refractivity contribution in [2.24, 2.45) is 0 Å². The van der Waals surface area contributed by atoms with Crippen LogP contribution in [-0.2, 0) is 0 Å². The predicted molar refractivity (Wildman–Crippen MR) is 269 cm³/mol. The fourth-order valence-corrected chi connectivity index (χ4v) is 4.53. The largest absolute Gasteiger partial charge is 0.872 e. The Morgan fingerprint density at radius 1 is 0.316 bits per heavy atom. The van der Waals surface area contributed by atoms with Crippen LogP contribution in [0.1, 0.15) is 0 Å². The molecule has 0 amide bonds. The highest BCUT2D eigenvalue weighted by molar-refractivity contribution is 5.38. The van der Waals surface area contributed by atoms with Crippen LogP contribution in [0.5, 0.6) is 34.5 Å². The number of phenolic OH excluding ortho intramolecular Hbond substituents is 4. The molecule has 0 aliphatic heterocycles. The summed E-state index contributed by atoms with van der Waals surface area (Å²) in [7, 11) is 3.76. The zero-order chi connectivity index (χ0) is 57.0. The molecular weight excluding hydrogens is 1000 g/mol. The number of aromatic hydroxyl groups is 4. The van der Waals surface area contributed by atoms with Gasteiger partial charge in [-0.15, -0.1) is 11.5 Å². The molecule has 0 bridgehead atoms. The molecule has 6 aromatic carbocycles. The Labute approximate surface area is 429 Å². The van der Waals surface area contributed by atoms with Crippen LogP contribution >= 0.6 is 0 Å². The van der Waals surface area contributed by atoms with Crippen molar-refractivity contribution in [1.82, 2.24) is 0 Å². The van der Waals surface area contributed by atoms with Crippen LogP contribution in [0, 0.1) is 60.7 Å². The fraction of sp³-hybridized carbons (Fsp3) is 0.0417. The third-order valence-electron chi connectivity index (χ3n) is 8.29. The molecule has 0 spiro atoms. The van der Waals surface area contributed by atoms with Crippen molar-refractivity contribution < 1.29 is 70.1 Å². The van der Waals surface area contributed by atoms with Gasteiger partial charge in [0.25, 0.3) is 45.8 Å². The van der Waals surface area contributed by atoms with Crippen LogP contribution in [0.3, 0.4) is 0 Å². The first-order valence-corrected chi connectivity index (χ1v) is 20.9. The van der Waals surface area contributed by atoms with Crippen molar-refractivity contribution in [2.45, 2.75) is 0 Å². The number of non-ortho nitro benzene ring substituents is 6. The average molecular weight is 1050 g/mol. The molecule has 0 saturated heterocycles. The number of nitro groups is 6. The van der Waals surface area contributed by atoms with Crippen LogP contribution in [0.2, 0.25) is 0 Å². The number of nitrogens with zero attached hydrogens (tertiary/aromatic N) is 6. The summed E-state index contributed by atoms with van der Waals surface area (Å²) >= 11 is 0. The summed E-state index contributed by atoms with van der Waals surface area (Å²) in [6, 6.07) is 41.3. The molecule has 0 unspecified atom stereocenters. The third kappa shape index (κ3) is 27.6. The van der Waals surface area contributed by atoms with E-state index in [4.69, 9.17) is 20.4 Å². The molecular formula is C48H46N10O18. The van der Waals surface area contributed by atoms with Gasteiger partial charge in [0.1, 0.15) is 23.0 Å². The van der Waals surface area contributed by atoms with E-state index < -0.39 is 29.5 Å². The van der Waals surface area contributed by atoms with Gasteiger partial charge < -0.3 is 30.6 Å². The van der Waals surface area contributed by atoms with Crippen LogP contribution in [0.4, 0.5) is 45.8 Å². The SMILES string of the molecule is CNc1cccc[nH+]1.CNc1cccc[nH+]1.O=[N+]([O-])c1ccc(O)cc1.O=[N+]([O-])c1ccc(O)cc1.O=[N+]([O-])c1ccc(O)cc1.O=[N+]([O-])c1ccc(O)cc1.O=[N+]([O-])c1ccc([O-])cc1.O=[N+]([O-])c1ccc([O-])cc1. The number of benzene rings is 6. The van der Waals surface area contributed by atoms with Gasteiger partial charge in [-0.05, 0) is 60.7 Å². The van der Waals surface area contributed by atoms with Crippen molar-refractivity contribution in [3.05, 3.63) is 255 Å². The number of nitrogens with one attached hydrogen (secondary N) is 4. The Morgan fingerprint density at radius 3 is 0.632 bits per heavy atom. The number of pyridine rings is 2. The molecule has 2 aromatic heterocycles. The van der Waals surface area contributed by atoms with E-state index in [9.17, 15) is 70.9 Å². The molecule has 76 heavy (non-hydrogen) atoms. The number of aromatic nitrogens is 2. The van der Waals surface area contributed by atoms with Crippen molar-refractivity contribution in [3.63, 3.8) is 0 Å². The monoisotopic (exact) mass is 1050 g/mol. The van der Waals surface area contributed by atoms with Crippen molar-refractivity contribution in [3.8, 4) is 34.5 Å². The second kappa shape index (κ2) is 34.7. The average Bonchev–Trinajstić information content (AvgIpc) is 3.41. The van der Waals surface area contributed by atoms with E-state index in [0.29, 0.717) is 0 Å². The van der Waals surface area contributed by atoms with Gasteiger partial charge >= 0.3 is 0 Å². The Morgan fingerprint density at radius 2 is 0.500 bits per heavy atom. The van der Waals surface area contributed by atoms with Crippen LogP contribution in [0.25, 0.3) is 0 Å². The number of hydrogen-bond donors (Lipinski definition) is 6. The van der Waals surface area contributed by atoms with E-state index in [1.807, 2.05) is 62.9 Å². The van der Waals surface area contributed by atoms with Gasteiger partial charge in [0.05, 0.1) is 56.0 Å². The molecule has 2 heterocycles. The minimum absolute atomic E-state index is 0.0159. The summed E-state index contributed by atoms with van der Waals surface area (Å²) in [5.41, 5.74) is -0.176. The first-order valence-electron chi connectivity index (χ1n) is 20.9. The second-order valence-electron chi connectivity index (χ2n) is 13.6. The van der Waals surface area contributed by atoms with Crippen LogP contribution < -0.4 is 30.8 Å². The van der Waals surface area contributed by atoms with E-state index in [1.165, 1.54) is 121 Å². The Balaban J connectivity index is 0.000000435. The maximum atomic E-state index is 10.4. The van der Waals surface area contributed by atoms with Gasteiger partial charge in [-0.25, -0.2) is 9.97 Å². The molecule has 0 aliphatic rings. The molecule has 0 fully saturated rings. The molecule has 8 rings (SSSR count). The lowest BCUT2D eigenvalue weighted by Gasteiger charge is -2.00. The minimum Gasteiger partial charge on any atom is -0.872 e. The normalized spacial score (nSPS) is 9.08. The smallest absolute Gasteiger partial charge is 0.271 e. The van der Waals surface area contributed by atoms with Gasteiger partial charge in [0.2, 0.25) is 0 Å². The summed E-state index contributed by atoms with van der Waals surface area (Å²) in [5.74, 6) is 1.77.